The first-order chi connectivity index (χ1) is 8.26. The lowest BCUT2D eigenvalue weighted by molar-refractivity contribution is 0.421. The van der Waals surface area contributed by atoms with Gasteiger partial charge in [0.15, 0.2) is 0 Å². The standard InChI is InChI=1S/C16H26O/c1-3-5-6-8-14(7-4-2)13-15-9-11-16(17)12-10-15/h9-12,14,17H,3-8,13H2,1-2H3. The molecule has 0 amide bonds. The molecule has 0 aliphatic carbocycles. The van der Waals surface area contributed by atoms with Gasteiger partial charge >= 0.3 is 0 Å². The highest BCUT2D eigenvalue weighted by atomic mass is 16.3. The van der Waals surface area contributed by atoms with Crippen LogP contribution in [-0.4, -0.2) is 5.11 Å². The molecule has 0 saturated carbocycles. The van der Waals surface area contributed by atoms with Crippen molar-refractivity contribution < 1.29 is 5.11 Å². The maximum atomic E-state index is 9.27. The van der Waals surface area contributed by atoms with Gasteiger partial charge in [0.1, 0.15) is 5.75 Å². The van der Waals surface area contributed by atoms with E-state index >= 15 is 0 Å². The molecule has 0 heterocycles. The highest BCUT2D eigenvalue weighted by Gasteiger charge is 2.08. The average molecular weight is 234 g/mol. The zero-order chi connectivity index (χ0) is 12.5. The van der Waals surface area contributed by atoms with Crippen molar-refractivity contribution in [1.29, 1.82) is 0 Å². The van der Waals surface area contributed by atoms with Gasteiger partial charge in [0.05, 0.1) is 0 Å². The molecule has 0 aliphatic heterocycles. The highest BCUT2D eigenvalue weighted by molar-refractivity contribution is 5.26. The normalized spacial score (nSPS) is 12.6. The van der Waals surface area contributed by atoms with Crippen LogP contribution in [0, 0.1) is 5.92 Å². The molecule has 1 aromatic carbocycles. The Morgan fingerprint density at radius 3 is 2.24 bits per heavy atom. The molecule has 0 saturated heterocycles. The second-order valence-corrected chi connectivity index (χ2v) is 5.02. The number of aromatic hydroxyl groups is 1. The number of hydrogen-bond donors (Lipinski definition) is 1. The molecule has 1 nitrogen and oxygen atoms in total. The first kappa shape index (κ1) is 14.1. The minimum atomic E-state index is 0.367. The summed E-state index contributed by atoms with van der Waals surface area (Å²) in [6, 6.07) is 7.70. The van der Waals surface area contributed by atoms with Crippen LogP contribution in [-0.2, 0) is 6.42 Å². The SMILES string of the molecule is CCCCCC(CCC)Cc1ccc(O)cc1. The molecule has 1 unspecified atom stereocenters. The summed E-state index contributed by atoms with van der Waals surface area (Å²) in [7, 11) is 0. The summed E-state index contributed by atoms with van der Waals surface area (Å²) in [4.78, 5) is 0. The number of benzene rings is 1. The van der Waals surface area contributed by atoms with Gasteiger partial charge in [-0.15, -0.1) is 0 Å². The summed E-state index contributed by atoms with van der Waals surface area (Å²) >= 11 is 0. The minimum absolute atomic E-state index is 0.367. The Hall–Kier alpha value is -0.980. The van der Waals surface area contributed by atoms with Crippen LogP contribution in [0.1, 0.15) is 57.9 Å². The summed E-state index contributed by atoms with van der Waals surface area (Å²) < 4.78 is 0. The Morgan fingerprint density at radius 1 is 0.941 bits per heavy atom. The Kier molecular flexibility index (Phi) is 6.76. The number of rotatable bonds is 8. The first-order valence-electron chi connectivity index (χ1n) is 7.04. The van der Waals surface area contributed by atoms with Crippen LogP contribution in [0.3, 0.4) is 0 Å². The van der Waals surface area contributed by atoms with Crippen LogP contribution in [0.5, 0.6) is 5.75 Å². The van der Waals surface area contributed by atoms with Gasteiger partial charge in [0.2, 0.25) is 0 Å². The van der Waals surface area contributed by atoms with Crippen molar-refractivity contribution in [1.82, 2.24) is 0 Å². The zero-order valence-corrected chi connectivity index (χ0v) is 11.3. The van der Waals surface area contributed by atoms with E-state index < -0.39 is 0 Å². The molecule has 0 aliphatic rings. The summed E-state index contributed by atoms with van der Waals surface area (Å²) in [5.74, 6) is 1.18. The molecule has 96 valence electrons. The fourth-order valence-electron chi connectivity index (χ4n) is 2.41. The predicted molar refractivity (Wildman–Crippen MR) is 74.4 cm³/mol. The molecular formula is C16H26O. The molecule has 0 radical (unpaired) electrons. The fourth-order valence-corrected chi connectivity index (χ4v) is 2.41. The molecule has 0 fully saturated rings. The molecule has 1 atom stereocenters. The molecule has 0 aromatic heterocycles. The van der Waals surface area contributed by atoms with Crippen LogP contribution in [0.2, 0.25) is 0 Å². The highest BCUT2D eigenvalue weighted by Crippen LogP contribution is 2.21. The lowest BCUT2D eigenvalue weighted by Gasteiger charge is -2.16. The van der Waals surface area contributed by atoms with Crippen LogP contribution in [0.15, 0.2) is 24.3 Å². The number of unbranched alkanes of at least 4 members (excludes halogenated alkanes) is 2. The van der Waals surface area contributed by atoms with Crippen molar-refractivity contribution in [2.24, 2.45) is 5.92 Å². The smallest absolute Gasteiger partial charge is 0.115 e. The van der Waals surface area contributed by atoms with Gasteiger partial charge in [0, 0.05) is 0 Å². The predicted octanol–water partition coefficient (Wildman–Crippen LogP) is 4.93. The minimum Gasteiger partial charge on any atom is -0.508 e. The van der Waals surface area contributed by atoms with E-state index in [-0.39, 0.29) is 0 Å². The fraction of sp³-hybridized carbons (Fsp3) is 0.625. The van der Waals surface area contributed by atoms with Crippen LogP contribution < -0.4 is 0 Å². The molecule has 1 aromatic rings. The lowest BCUT2D eigenvalue weighted by Crippen LogP contribution is -2.04. The molecule has 0 spiro atoms. The molecule has 17 heavy (non-hydrogen) atoms. The van der Waals surface area contributed by atoms with Gasteiger partial charge in [-0.25, -0.2) is 0 Å². The van der Waals surface area contributed by atoms with Gasteiger partial charge in [-0.3, -0.25) is 0 Å². The maximum Gasteiger partial charge on any atom is 0.115 e. The molecule has 0 bridgehead atoms. The third-order valence-corrected chi connectivity index (χ3v) is 3.37. The Balaban J connectivity index is 2.44. The van der Waals surface area contributed by atoms with Crippen molar-refractivity contribution >= 4 is 0 Å². The van der Waals surface area contributed by atoms with E-state index in [2.05, 4.69) is 26.0 Å². The average Bonchev–Trinajstić information content (AvgIpc) is 2.32. The number of hydrogen-bond acceptors (Lipinski definition) is 1. The topological polar surface area (TPSA) is 20.2 Å². The second kappa shape index (κ2) is 8.16. The van der Waals surface area contributed by atoms with E-state index in [9.17, 15) is 5.11 Å². The summed E-state index contributed by atoms with van der Waals surface area (Å²) in [5, 5.41) is 9.27. The third kappa shape index (κ3) is 5.76. The van der Waals surface area contributed by atoms with E-state index in [1.54, 1.807) is 12.1 Å². The lowest BCUT2D eigenvalue weighted by atomic mass is 9.90. The van der Waals surface area contributed by atoms with Crippen LogP contribution in [0.4, 0.5) is 0 Å². The van der Waals surface area contributed by atoms with Crippen molar-refractivity contribution in [3.63, 3.8) is 0 Å². The van der Waals surface area contributed by atoms with E-state index in [0.717, 1.165) is 12.3 Å². The van der Waals surface area contributed by atoms with Crippen molar-refractivity contribution in [3.05, 3.63) is 29.8 Å². The van der Waals surface area contributed by atoms with Crippen molar-refractivity contribution in [3.8, 4) is 5.75 Å². The van der Waals surface area contributed by atoms with Crippen LogP contribution in [0.25, 0.3) is 0 Å². The summed E-state index contributed by atoms with van der Waals surface area (Å²) in [6.07, 6.45) is 9.13. The molecular weight excluding hydrogens is 208 g/mol. The first-order valence-corrected chi connectivity index (χ1v) is 7.04. The van der Waals surface area contributed by atoms with Gasteiger partial charge in [-0.05, 0) is 30.0 Å². The maximum absolute atomic E-state index is 9.27. The number of phenols is 1. The quantitative estimate of drug-likeness (QED) is 0.632. The monoisotopic (exact) mass is 234 g/mol. The van der Waals surface area contributed by atoms with Crippen molar-refractivity contribution in [2.75, 3.05) is 0 Å². The summed E-state index contributed by atoms with van der Waals surface area (Å²) in [5.41, 5.74) is 1.36. The van der Waals surface area contributed by atoms with Gasteiger partial charge in [-0.2, -0.15) is 0 Å². The molecule has 1 rings (SSSR count). The Bertz CT molecular complexity index is 289. The van der Waals surface area contributed by atoms with E-state index in [1.165, 1.54) is 44.1 Å². The Morgan fingerprint density at radius 2 is 1.65 bits per heavy atom. The molecule has 1 heteroatoms. The Labute approximate surface area is 106 Å². The van der Waals surface area contributed by atoms with Gasteiger partial charge < -0.3 is 5.11 Å². The van der Waals surface area contributed by atoms with Crippen molar-refractivity contribution in [2.45, 2.75) is 58.8 Å². The van der Waals surface area contributed by atoms with E-state index in [1.807, 2.05) is 0 Å². The van der Waals surface area contributed by atoms with Crippen LogP contribution >= 0.6 is 0 Å². The van der Waals surface area contributed by atoms with E-state index in [0.29, 0.717) is 5.75 Å². The molecule has 1 N–H and O–H groups in total. The van der Waals surface area contributed by atoms with E-state index in [4.69, 9.17) is 0 Å². The largest absolute Gasteiger partial charge is 0.508 e. The van der Waals surface area contributed by atoms with Gasteiger partial charge in [-0.1, -0.05) is 64.5 Å². The van der Waals surface area contributed by atoms with Gasteiger partial charge in [0.25, 0.3) is 0 Å². The zero-order valence-electron chi connectivity index (χ0n) is 11.3. The second-order valence-electron chi connectivity index (χ2n) is 5.02. The summed E-state index contributed by atoms with van der Waals surface area (Å²) in [6.45, 7) is 4.53. The number of phenolic OH excluding ortho intramolecular Hbond substituents is 1. The third-order valence-electron chi connectivity index (χ3n) is 3.37.